The van der Waals surface area contributed by atoms with Crippen LogP contribution in [-0.2, 0) is 0 Å². The molecular formula is C8H10N2. The Morgan fingerprint density at radius 1 is 1.60 bits per heavy atom. The minimum atomic E-state index is 0.578. The monoisotopic (exact) mass is 134 g/mol. The quantitative estimate of drug-likeness (QED) is 0.656. The Bertz CT molecular complexity index is 204. The average molecular weight is 134 g/mol. The minimum Gasteiger partial charge on any atom is -0.327 e. The van der Waals surface area contributed by atoms with E-state index >= 15 is 0 Å². The molecule has 0 spiro atoms. The summed E-state index contributed by atoms with van der Waals surface area (Å²) < 4.78 is 0. The van der Waals surface area contributed by atoms with E-state index in [9.17, 15) is 0 Å². The molecule has 2 heteroatoms. The second kappa shape index (κ2) is 3.80. The van der Waals surface area contributed by atoms with Gasteiger partial charge in [0.2, 0.25) is 0 Å². The number of pyridine rings is 1. The third kappa shape index (κ3) is 1.99. The van der Waals surface area contributed by atoms with E-state index in [1.165, 1.54) is 0 Å². The topological polar surface area (TPSA) is 38.9 Å². The summed E-state index contributed by atoms with van der Waals surface area (Å²) in [6, 6.07) is 3.88. The summed E-state index contributed by atoms with van der Waals surface area (Å²) in [5.41, 5.74) is 6.36. The first kappa shape index (κ1) is 6.96. The van der Waals surface area contributed by atoms with E-state index in [-0.39, 0.29) is 0 Å². The first-order chi connectivity index (χ1) is 4.93. The summed E-state index contributed by atoms with van der Waals surface area (Å²) >= 11 is 0. The molecule has 1 aromatic heterocycles. The number of nitrogens with two attached hydrogens (primary N) is 1. The lowest BCUT2D eigenvalue weighted by Crippen LogP contribution is -1.91. The normalized spacial score (nSPS) is 10.5. The van der Waals surface area contributed by atoms with Crippen LogP contribution >= 0.6 is 0 Å². The van der Waals surface area contributed by atoms with E-state index in [0.717, 1.165) is 5.56 Å². The molecule has 0 fully saturated rings. The Balaban J connectivity index is 2.67. The predicted octanol–water partition coefficient (Wildman–Crippen LogP) is 1.05. The fraction of sp³-hybridized carbons (Fsp3) is 0.125. The van der Waals surface area contributed by atoms with Crippen LogP contribution in [0.1, 0.15) is 5.56 Å². The summed E-state index contributed by atoms with van der Waals surface area (Å²) in [5.74, 6) is 0. The van der Waals surface area contributed by atoms with Crippen LogP contribution in [0.15, 0.2) is 30.6 Å². The van der Waals surface area contributed by atoms with Gasteiger partial charge in [0, 0.05) is 18.9 Å². The van der Waals surface area contributed by atoms with Gasteiger partial charge in [-0.2, -0.15) is 0 Å². The van der Waals surface area contributed by atoms with Crippen LogP contribution in [0.25, 0.3) is 6.08 Å². The van der Waals surface area contributed by atoms with Gasteiger partial charge in [-0.15, -0.1) is 0 Å². The highest BCUT2D eigenvalue weighted by atomic mass is 14.6. The summed E-state index contributed by atoms with van der Waals surface area (Å²) in [7, 11) is 0. The van der Waals surface area contributed by atoms with Crippen molar-refractivity contribution in [3.63, 3.8) is 0 Å². The lowest BCUT2D eigenvalue weighted by molar-refractivity contribution is 1.26. The van der Waals surface area contributed by atoms with Gasteiger partial charge in [-0.1, -0.05) is 18.2 Å². The second-order valence-corrected chi connectivity index (χ2v) is 1.92. The van der Waals surface area contributed by atoms with Gasteiger partial charge >= 0.3 is 0 Å². The van der Waals surface area contributed by atoms with Crippen molar-refractivity contribution in [1.29, 1.82) is 0 Å². The molecule has 1 aromatic rings. The van der Waals surface area contributed by atoms with Crippen LogP contribution in [0.4, 0.5) is 0 Å². The van der Waals surface area contributed by atoms with E-state index in [1.54, 1.807) is 12.4 Å². The van der Waals surface area contributed by atoms with E-state index in [2.05, 4.69) is 4.98 Å². The molecular weight excluding hydrogens is 124 g/mol. The van der Waals surface area contributed by atoms with Gasteiger partial charge in [0.05, 0.1) is 0 Å². The molecule has 0 bridgehead atoms. The molecule has 0 aliphatic carbocycles. The van der Waals surface area contributed by atoms with Crippen molar-refractivity contribution in [2.75, 3.05) is 6.54 Å². The molecule has 1 rings (SSSR count). The van der Waals surface area contributed by atoms with Crippen LogP contribution in [0.5, 0.6) is 0 Å². The number of hydrogen-bond acceptors (Lipinski definition) is 2. The van der Waals surface area contributed by atoms with Gasteiger partial charge in [-0.3, -0.25) is 4.98 Å². The Hall–Kier alpha value is -1.15. The van der Waals surface area contributed by atoms with Crippen LogP contribution in [-0.4, -0.2) is 11.5 Å². The maximum absolute atomic E-state index is 5.27. The zero-order chi connectivity index (χ0) is 7.23. The molecule has 0 atom stereocenters. The van der Waals surface area contributed by atoms with Crippen LogP contribution < -0.4 is 5.73 Å². The molecule has 0 saturated carbocycles. The minimum absolute atomic E-state index is 0.578. The lowest BCUT2D eigenvalue weighted by Gasteiger charge is -1.87. The summed E-state index contributed by atoms with van der Waals surface area (Å²) in [5, 5.41) is 0. The molecule has 0 unspecified atom stereocenters. The molecule has 0 aromatic carbocycles. The van der Waals surface area contributed by atoms with E-state index < -0.39 is 0 Å². The molecule has 10 heavy (non-hydrogen) atoms. The van der Waals surface area contributed by atoms with E-state index in [0.29, 0.717) is 6.54 Å². The van der Waals surface area contributed by atoms with Gasteiger partial charge in [0.1, 0.15) is 0 Å². The maximum atomic E-state index is 5.27. The van der Waals surface area contributed by atoms with Crippen molar-refractivity contribution < 1.29 is 0 Å². The predicted molar refractivity (Wildman–Crippen MR) is 42.3 cm³/mol. The lowest BCUT2D eigenvalue weighted by atomic mass is 10.3. The first-order valence-electron chi connectivity index (χ1n) is 3.20. The summed E-state index contributed by atoms with van der Waals surface area (Å²) in [6.07, 6.45) is 7.40. The van der Waals surface area contributed by atoms with Gasteiger partial charge in [0.15, 0.2) is 0 Å². The van der Waals surface area contributed by atoms with Crippen molar-refractivity contribution in [2.45, 2.75) is 0 Å². The molecule has 2 nitrogen and oxygen atoms in total. The molecule has 0 saturated heterocycles. The molecule has 52 valence electrons. The standard InChI is InChI=1S/C8H10N2/c9-5-1-3-8-4-2-6-10-7-8/h1-4,6-7H,5,9H2/b3-1+. The largest absolute Gasteiger partial charge is 0.327 e. The Kier molecular flexibility index (Phi) is 2.64. The maximum Gasteiger partial charge on any atom is 0.0340 e. The van der Waals surface area contributed by atoms with Crippen molar-refractivity contribution in [1.82, 2.24) is 4.98 Å². The highest BCUT2D eigenvalue weighted by Crippen LogP contribution is 1.96. The van der Waals surface area contributed by atoms with Gasteiger partial charge < -0.3 is 5.73 Å². The van der Waals surface area contributed by atoms with Crippen molar-refractivity contribution in [2.24, 2.45) is 5.73 Å². The van der Waals surface area contributed by atoms with Gasteiger partial charge in [0.25, 0.3) is 0 Å². The number of aromatic nitrogens is 1. The highest BCUT2D eigenvalue weighted by molar-refractivity contribution is 5.47. The highest BCUT2D eigenvalue weighted by Gasteiger charge is 1.80. The average Bonchev–Trinajstić information content (AvgIpc) is 2.03. The Morgan fingerprint density at radius 3 is 3.10 bits per heavy atom. The smallest absolute Gasteiger partial charge is 0.0340 e. The van der Waals surface area contributed by atoms with Gasteiger partial charge in [-0.25, -0.2) is 0 Å². The Labute approximate surface area is 60.4 Å². The molecule has 0 amide bonds. The SMILES string of the molecule is NC/C=C/c1cccnc1. The molecule has 1 heterocycles. The van der Waals surface area contributed by atoms with Crippen LogP contribution in [0.2, 0.25) is 0 Å². The zero-order valence-electron chi connectivity index (χ0n) is 5.70. The molecule has 0 radical (unpaired) electrons. The summed E-state index contributed by atoms with van der Waals surface area (Å²) in [6.45, 7) is 0.578. The van der Waals surface area contributed by atoms with E-state index in [1.807, 2.05) is 24.3 Å². The third-order valence-electron chi connectivity index (χ3n) is 1.13. The zero-order valence-corrected chi connectivity index (χ0v) is 5.70. The number of rotatable bonds is 2. The molecule has 0 aliphatic heterocycles. The fourth-order valence-electron chi connectivity index (χ4n) is 0.679. The summed E-state index contributed by atoms with van der Waals surface area (Å²) in [4.78, 5) is 3.95. The second-order valence-electron chi connectivity index (χ2n) is 1.92. The third-order valence-corrected chi connectivity index (χ3v) is 1.13. The fourth-order valence-corrected chi connectivity index (χ4v) is 0.679. The van der Waals surface area contributed by atoms with Crippen LogP contribution in [0.3, 0.4) is 0 Å². The Morgan fingerprint density at radius 2 is 2.50 bits per heavy atom. The van der Waals surface area contributed by atoms with Gasteiger partial charge in [-0.05, 0) is 11.6 Å². The molecule has 2 N–H and O–H groups in total. The van der Waals surface area contributed by atoms with Crippen molar-refractivity contribution >= 4 is 6.08 Å². The number of nitrogens with zero attached hydrogens (tertiary/aromatic N) is 1. The van der Waals surface area contributed by atoms with Crippen LogP contribution in [0, 0.1) is 0 Å². The van der Waals surface area contributed by atoms with Crippen molar-refractivity contribution in [3.05, 3.63) is 36.2 Å². The van der Waals surface area contributed by atoms with Crippen molar-refractivity contribution in [3.8, 4) is 0 Å². The molecule has 0 aliphatic rings. The first-order valence-corrected chi connectivity index (χ1v) is 3.20. The number of hydrogen-bond donors (Lipinski definition) is 1. The van der Waals surface area contributed by atoms with E-state index in [4.69, 9.17) is 5.73 Å².